The van der Waals surface area contributed by atoms with E-state index >= 15 is 0 Å². The molecule has 1 unspecified atom stereocenters. The normalized spacial score (nSPS) is 17.2. The molecule has 166 valence electrons. The van der Waals surface area contributed by atoms with Gasteiger partial charge in [0.2, 0.25) is 11.8 Å². The topological polar surface area (TPSA) is 135 Å². The molecule has 2 amide bonds. The molecular weight excluding hydrogens is 434 g/mol. The molecule has 0 bridgehead atoms. The Morgan fingerprint density at radius 1 is 1.22 bits per heavy atom. The van der Waals surface area contributed by atoms with E-state index in [1.807, 2.05) is 6.92 Å². The van der Waals surface area contributed by atoms with Crippen LogP contribution in [0.2, 0.25) is 0 Å². The van der Waals surface area contributed by atoms with Gasteiger partial charge in [-0.3, -0.25) is 19.7 Å². The van der Waals surface area contributed by atoms with E-state index in [0.29, 0.717) is 29.3 Å². The highest BCUT2D eigenvalue weighted by molar-refractivity contribution is 8.15. The number of amides is 2. The Kier molecular flexibility index (Phi) is 7.55. The number of thioether (sulfide) groups is 1. The van der Waals surface area contributed by atoms with Crippen molar-refractivity contribution in [3.63, 3.8) is 0 Å². The molecule has 2 aromatic carbocycles. The van der Waals surface area contributed by atoms with Gasteiger partial charge in [-0.05, 0) is 55.8 Å². The van der Waals surface area contributed by atoms with Gasteiger partial charge in [0.15, 0.2) is 5.17 Å². The largest absolute Gasteiger partial charge is 0.494 e. The van der Waals surface area contributed by atoms with Crippen LogP contribution in [0.3, 0.4) is 0 Å². The number of rotatable bonds is 8. The third-order valence-electron chi connectivity index (χ3n) is 4.38. The van der Waals surface area contributed by atoms with Crippen LogP contribution in [0.4, 0.5) is 11.4 Å². The molecule has 2 N–H and O–H groups in total. The van der Waals surface area contributed by atoms with Gasteiger partial charge in [0.05, 0.1) is 17.2 Å². The summed E-state index contributed by atoms with van der Waals surface area (Å²) in [5.74, 6) is 0.0917. The van der Waals surface area contributed by atoms with E-state index in [1.54, 1.807) is 43.3 Å². The average molecular weight is 455 g/mol. The zero-order chi connectivity index (χ0) is 23.1. The van der Waals surface area contributed by atoms with Crippen molar-refractivity contribution in [2.45, 2.75) is 25.5 Å². The van der Waals surface area contributed by atoms with Gasteiger partial charge in [-0.25, -0.2) is 0 Å². The van der Waals surface area contributed by atoms with Crippen molar-refractivity contribution < 1.29 is 19.2 Å². The minimum Gasteiger partial charge on any atom is -0.494 e. The summed E-state index contributed by atoms with van der Waals surface area (Å²) in [6.45, 7) is 4.15. The van der Waals surface area contributed by atoms with E-state index in [2.05, 4.69) is 20.8 Å². The lowest BCUT2D eigenvalue weighted by molar-refractivity contribution is -0.384. The molecule has 0 saturated carbocycles. The number of nitrogens with zero attached hydrogens (tertiary/aromatic N) is 3. The molecule has 3 rings (SSSR count). The van der Waals surface area contributed by atoms with Gasteiger partial charge in [0.1, 0.15) is 11.0 Å². The Morgan fingerprint density at radius 2 is 1.91 bits per heavy atom. The number of anilines is 1. The fraction of sp³-hybridized carbons (Fsp3) is 0.238. The van der Waals surface area contributed by atoms with E-state index in [1.165, 1.54) is 12.1 Å². The number of ether oxygens (including phenoxy) is 1. The van der Waals surface area contributed by atoms with Gasteiger partial charge in [-0.2, -0.15) is 5.10 Å². The molecule has 1 saturated heterocycles. The van der Waals surface area contributed by atoms with Crippen molar-refractivity contribution in [2.24, 2.45) is 10.2 Å². The van der Waals surface area contributed by atoms with Crippen molar-refractivity contribution in [1.29, 1.82) is 0 Å². The molecule has 0 aromatic heterocycles. The average Bonchev–Trinajstić information content (AvgIpc) is 3.12. The van der Waals surface area contributed by atoms with Gasteiger partial charge in [0.25, 0.3) is 5.69 Å². The highest BCUT2D eigenvalue weighted by Gasteiger charge is 2.32. The van der Waals surface area contributed by atoms with E-state index in [4.69, 9.17) is 4.74 Å². The highest BCUT2D eigenvalue weighted by Crippen LogP contribution is 2.24. The van der Waals surface area contributed by atoms with Gasteiger partial charge in [-0.1, -0.05) is 11.8 Å². The number of nitro benzene ring substituents is 1. The summed E-state index contributed by atoms with van der Waals surface area (Å²) in [7, 11) is 0. The van der Waals surface area contributed by atoms with Crippen LogP contribution in [0.5, 0.6) is 5.75 Å². The first-order chi connectivity index (χ1) is 15.4. The summed E-state index contributed by atoms with van der Waals surface area (Å²) in [6, 6.07) is 12.9. The molecule has 1 aliphatic heterocycles. The first kappa shape index (κ1) is 22.9. The number of hydrogen-bond acceptors (Lipinski definition) is 8. The monoisotopic (exact) mass is 455 g/mol. The molecule has 2 aromatic rings. The van der Waals surface area contributed by atoms with Crippen molar-refractivity contribution in [2.75, 3.05) is 11.9 Å². The van der Waals surface area contributed by atoms with Crippen molar-refractivity contribution >= 4 is 45.8 Å². The van der Waals surface area contributed by atoms with Crippen LogP contribution in [0, 0.1) is 10.1 Å². The molecule has 0 radical (unpaired) electrons. The van der Waals surface area contributed by atoms with E-state index in [9.17, 15) is 19.7 Å². The Balaban J connectivity index is 1.56. The summed E-state index contributed by atoms with van der Waals surface area (Å²) in [6.07, 6.45) is -0.0201. The van der Waals surface area contributed by atoms with E-state index in [-0.39, 0.29) is 29.1 Å². The summed E-state index contributed by atoms with van der Waals surface area (Å²) in [5.41, 5.74) is 1.79. The van der Waals surface area contributed by atoms with Crippen LogP contribution in [0.15, 0.2) is 58.7 Å². The summed E-state index contributed by atoms with van der Waals surface area (Å²) >= 11 is 1.12. The van der Waals surface area contributed by atoms with E-state index < -0.39 is 10.2 Å². The molecule has 1 heterocycles. The van der Waals surface area contributed by atoms with Crippen molar-refractivity contribution in [3.8, 4) is 5.75 Å². The maximum absolute atomic E-state index is 12.3. The summed E-state index contributed by atoms with van der Waals surface area (Å²) < 4.78 is 5.36. The van der Waals surface area contributed by atoms with Crippen LogP contribution in [0.1, 0.15) is 25.8 Å². The number of nitrogens with one attached hydrogen (secondary N) is 2. The van der Waals surface area contributed by atoms with Crippen LogP contribution in [0.25, 0.3) is 0 Å². The first-order valence-corrected chi connectivity index (χ1v) is 10.6. The Bertz CT molecular complexity index is 1070. The quantitative estimate of drug-likeness (QED) is 0.356. The maximum Gasteiger partial charge on any atom is 0.269 e. The molecule has 32 heavy (non-hydrogen) atoms. The van der Waals surface area contributed by atoms with Crippen LogP contribution < -0.4 is 15.4 Å². The maximum atomic E-state index is 12.3. The zero-order valence-electron chi connectivity index (χ0n) is 17.4. The molecule has 10 nitrogen and oxygen atoms in total. The fourth-order valence-corrected chi connectivity index (χ4v) is 3.69. The third kappa shape index (κ3) is 6.14. The number of carbonyl (C=O) groups excluding carboxylic acids is 2. The summed E-state index contributed by atoms with van der Waals surface area (Å²) in [4.78, 5) is 34.7. The molecule has 0 aliphatic carbocycles. The number of hydrogen-bond donors (Lipinski definition) is 2. The summed E-state index contributed by atoms with van der Waals surface area (Å²) in [5, 5.41) is 23.9. The number of carbonyl (C=O) groups is 2. The lowest BCUT2D eigenvalue weighted by Gasteiger charge is -2.08. The van der Waals surface area contributed by atoms with Crippen LogP contribution in [-0.2, 0) is 9.59 Å². The van der Waals surface area contributed by atoms with Gasteiger partial charge in [-0.15, -0.1) is 5.10 Å². The van der Waals surface area contributed by atoms with Crippen molar-refractivity contribution in [1.82, 2.24) is 5.32 Å². The Labute approximate surface area is 188 Å². The van der Waals surface area contributed by atoms with Gasteiger partial charge < -0.3 is 15.4 Å². The van der Waals surface area contributed by atoms with Crippen LogP contribution in [-0.4, -0.2) is 39.5 Å². The molecule has 11 heteroatoms. The molecule has 0 spiro atoms. The smallest absolute Gasteiger partial charge is 0.269 e. The second-order valence-electron chi connectivity index (χ2n) is 6.70. The zero-order valence-corrected chi connectivity index (χ0v) is 18.2. The third-order valence-corrected chi connectivity index (χ3v) is 5.46. The minimum absolute atomic E-state index is 0.0159. The standard InChI is InChI=1S/C21H21N5O5S/c1-3-31-17-10-6-15(7-11-17)22-19(27)12-18-20(28)23-21(32-18)25-24-13(2)14-4-8-16(9-5-14)26(29)30/h4-11,18H,3,12H2,1-2H3,(H,22,27)(H,23,25,28). The van der Waals surface area contributed by atoms with Gasteiger partial charge >= 0.3 is 0 Å². The lowest BCUT2D eigenvalue weighted by atomic mass is 10.1. The molecule has 1 aliphatic rings. The number of nitro groups is 1. The van der Waals surface area contributed by atoms with Crippen molar-refractivity contribution in [3.05, 3.63) is 64.2 Å². The van der Waals surface area contributed by atoms with Gasteiger partial charge in [0, 0.05) is 24.2 Å². The molecule has 1 fully saturated rings. The Hall–Kier alpha value is -3.73. The molecular formula is C21H21N5O5S. The first-order valence-electron chi connectivity index (χ1n) is 9.73. The fourth-order valence-electron chi connectivity index (χ4n) is 2.77. The predicted molar refractivity (Wildman–Crippen MR) is 123 cm³/mol. The number of non-ortho nitro benzene ring substituents is 1. The second kappa shape index (κ2) is 10.5. The minimum atomic E-state index is -0.619. The number of amidine groups is 1. The number of benzene rings is 2. The predicted octanol–water partition coefficient (Wildman–Crippen LogP) is 3.33. The Morgan fingerprint density at radius 3 is 2.53 bits per heavy atom. The second-order valence-corrected chi connectivity index (χ2v) is 7.89. The lowest BCUT2D eigenvalue weighted by Crippen LogP contribution is -2.28. The highest BCUT2D eigenvalue weighted by atomic mass is 32.2. The SMILES string of the molecule is CCOc1ccc(NC(=O)CC2S/C(=N/N=C(C)c3ccc([N+](=O)[O-])cc3)NC2=O)cc1. The van der Waals surface area contributed by atoms with E-state index in [0.717, 1.165) is 11.8 Å². The molecule has 1 atom stereocenters. The van der Waals surface area contributed by atoms with Crippen LogP contribution >= 0.6 is 11.8 Å².